The van der Waals surface area contributed by atoms with Crippen LogP contribution in [-0.2, 0) is 14.3 Å². The second-order valence-electron chi connectivity index (χ2n) is 5.63. The monoisotopic (exact) mass is 348 g/mol. The average molecular weight is 348 g/mol. The van der Waals surface area contributed by atoms with Crippen molar-refractivity contribution in [3.05, 3.63) is 24.4 Å². The van der Waals surface area contributed by atoms with Crippen LogP contribution in [0, 0.1) is 5.92 Å². The van der Waals surface area contributed by atoms with Gasteiger partial charge in [0.05, 0.1) is 18.3 Å². The number of aromatic nitrogens is 3. The molecule has 1 fully saturated rings. The van der Waals surface area contributed by atoms with Crippen LogP contribution >= 0.6 is 11.8 Å². The second kappa shape index (κ2) is 7.65. The number of hydrogen-bond acceptors (Lipinski definition) is 6. The van der Waals surface area contributed by atoms with Gasteiger partial charge in [0.25, 0.3) is 0 Å². The smallest absolute Gasteiger partial charge is 0.310 e. The van der Waals surface area contributed by atoms with Gasteiger partial charge in [-0.2, -0.15) is 0 Å². The van der Waals surface area contributed by atoms with Crippen LogP contribution in [0.25, 0.3) is 5.65 Å². The number of amides is 1. The van der Waals surface area contributed by atoms with Gasteiger partial charge >= 0.3 is 5.97 Å². The Labute approximate surface area is 144 Å². The number of nitrogens with zero attached hydrogens (tertiary/aromatic N) is 4. The molecule has 3 heterocycles. The lowest BCUT2D eigenvalue weighted by Gasteiger charge is -2.31. The van der Waals surface area contributed by atoms with Crippen molar-refractivity contribution in [2.45, 2.75) is 24.9 Å². The van der Waals surface area contributed by atoms with Crippen LogP contribution in [0.3, 0.4) is 0 Å². The quantitative estimate of drug-likeness (QED) is 0.604. The Morgan fingerprint density at radius 2 is 2.25 bits per heavy atom. The molecule has 0 radical (unpaired) electrons. The van der Waals surface area contributed by atoms with Gasteiger partial charge in [0.15, 0.2) is 10.8 Å². The summed E-state index contributed by atoms with van der Waals surface area (Å²) in [6, 6.07) is 5.66. The lowest BCUT2D eigenvalue weighted by Crippen LogP contribution is -2.43. The van der Waals surface area contributed by atoms with Crippen molar-refractivity contribution in [3.8, 4) is 0 Å². The SMILES string of the molecule is CCOC(=O)C1CCCN(C(=O)CSc2nnc3ccccn23)C1. The lowest BCUT2D eigenvalue weighted by molar-refractivity contribution is -0.151. The molecule has 3 rings (SSSR count). The fraction of sp³-hybridized carbons (Fsp3) is 0.500. The van der Waals surface area contributed by atoms with Crippen molar-refractivity contribution in [2.24, 2.45) is 5.92 Å². The van der Waals surface area contributed by atoms with Crippen LogP contribution in [0.5, 0.6) is 0 Å². The molecule has 2 aromatic rings. The highest BCUT2D eigenvalue weighted by Crippen LogP contribution is 2.21. The molecule has 0 spiro atoms. The van der Waals surface area contributed by atoms with Crippen LogP contribution in [0.2, 0.25) is 0 Å². The van der Waals surface area contributed by atoms with Crippen molar-refractivity contribution in [3.63, 3.8) is 0 Å². The van der Waals surface area contributed by atoms with Crippen LogP contribution < -0.4 is 0 Å². The average Bonchev–Trinajstić information content (AvgIpc) is 3.03. The van der Waals surface area contributed by atoms with Crippen LogP contribution in [0.1, 0.15) is 19.8 Å². The van der Waals surface area contributed by atoms with Gasteiger partial charge in [0.2, 0.25) is 5.91 Å². The van der Waals surface area contributed by atoms with Gasteiger partial charge in [-0.15, -0.1) is 10.2 Å². The first kappa shape index (κ1) is 16.8. The zero-order chi connectivity index (χ0) is 16.9. The molecule has 1 unspecified atom stereocenters. The number of ether oxygens (including phenoxy) is 1. The highest BCUT2D eigenvalue weighted by atomic mass is 32.2. The fourth-order valence-electron chi connectivity index (χ4n) is 2.79. The Kier molecular flexibility index (Phi) is 5.34. The third-order valence-electron chi connectivity index (χ3n) is 4.00. The molecule has 2 aromatic heterocycles. The molecular formula is C16H20N4O3S. The minimum Gasteiger partial charge on any atom is -0.466 e. The van der Waals surface area contributed by atoms with Gasteiger partial charge in [-0.3, -0.25) is 14.0 Å². The Bertz CT molecular complexity index is 733. The molecule has 0 aliphatic carbocycles. The van der Waals surface area contributed by atoms with Crippen molar-refractivity contribution in [1.29, 1.82) is 0 Å². The molecule has 7 nitrogen and oxygen atoms in total. The Balaban J connectivity index is 1.57. The normalized spacial score (nSPS) is 17.9. The molecule has 0 saturated carbocycles. The first-order chi connectivity index (χ1) is 11.7. The van der Waals surface area contributed by atoms with Crippen molar-refractivity contribution < 1.29 is 14.3 Å². The topological polar surface area (TPSA) is 76.8 Å². The zero-order valence-electron chi connectivity index (χ0n) is 13.6. The summed E-state index contributed by atoms with van der Waals surface area (Å²) >= 11 is 1.36. The van der Waals surface area contributed by atoms with E-state index in [4.69, 9.17) is 4.74 Å². The molecule has 1 aliphatic rings. The number of esters is 1. The molecular weight excluding hydrogens is 328 g/mol. The fourth-order valence-corrected chi connectivity index (χ4v) is 3.62. The van der Waals surface area contributed by atoms with E-state index >= 15 is 0 Å². The van der Waals surface area contributed by atoms with Gasteiger partial charge in [-0.1, -0.05) is 17.8 Å². The Morgan fingerprint density at radius 1 is 1.38 bits per heavy atom. The van der Waals surface area contributed by atoms with E-state index in [1.54, 1.807) is 11.8 Å². The van der Waals surface area contributed by atoms with Crippen molar-refractivity contribution in [1.82, 2.24) is 19.5 Å². The standard InChI is InChI=1S/C16H20N4O3S/c1-2-23-15(22)12-6-5-8-19(10-12)14(21)11-24-16-18-17-13-7-3-4-9-20(13)16/h3-4,7,9,12H,2,5-6,8,10-11H2,1H3. The van der Waals surface area contributed by atoms with Crippen LogP contribution in [-0.4, -0.2) is 56.8 Å². The van der Waals surface area contributed by atoms with E-state index in [0.29, 0.717) is 24.9 Å². The number of carbonyl (C=O) groups excluding carboxylic acids is 2. The third-order valence-corrected chi connectivity index (χ3v) is 4.93. The number of thioether (sulfide) groups is 1. The maximum atomic E-state index is 12.5. The maximum absolute atomic E-state index is 12.5. The minimum atomic E-state index is -0.207. The summed E-state index contributed by atoms with van der Waals surface area (Å²) in [5.41, 5.74) is 0.757. The molecule has 24 heavy (non-hydrogen) atoms. The summed E-state index contributed by atoms with van der Waals surface area (Å²) in [7, 11) is 0. The molecule has 128 valence electrons. The van der Waals surface area contributed by atoms with Gasteiger partial charge in [0.1, 0.15) is 0 Å². The maximum Gasteiger partial charge on any atom is 0.310 e. The summed E-state index contributed by atoms with van der Waals surface area (Å²) in [6.07, 6.45) is 3.48. The number of pyridine rings is 1. The summed E-state index contributed by atoms with van der Waals surface area (Å²) < 4.78 is 6.93. The number of piperidine rings is 1. The predicted octanol–water partition coefficient (Wildman–Crippen LogP) is 1.62. The molecule has 1 saturated heterocycles. The molecule has 0 aromatic carbocycles. The van der Waals surface area contributed by atoms with E-state index in [1.807, 2.05) is 28.8 Å². The molecule has 8 heteroatoms. The lowest BCUT2D eigenvalue weighted by atomic mass is 9.98. The van der Waals surface area contributed by atoms with Gasteiger partial charge in [-0.25, -0.2) is 0 Å². The van der Waals surface area contributed by atoms with Crippen molar-refractivity contribution >= 4 is 29.3 Å². The highest BCUT2D eigenvalue weighted by molar-refractivity contribution is 7.99. The molecule has 1 atom stereocenters. The van der Waals surface area contributed by atoms with E-state index in [9.17, 15) is 9.59 Å². The highest BCUT2D eigenvalue weighted by Gasteiger charge is 2.29. The number of likely N-dealkylation sites (tertiary alicyclic amines) is 1. The molecule has 1 aliphatic heterocycles. The number of fused-ring (bicyclic) bond motifs is 1. The zero-order valence-corrected chi connectivity index (χ0v) is 14.4. The number of carbonyl (C=O) groups is 2. The van der Waals surface area contributed by atoms with E-state index < -0.39 is 0 Å². The summed E-state index contributed by atoms with van der Waals surface area (Å²) in [6.45, 7) is 3.30. The van der Waals surface area contributed by atoms with Crippen molar-refractivity contribution in [2.75, 3.05) is 25.4 Å². The van der Waals surface area contributed by atoms with Gasteiger partial charge in [-0.05, 0) is 31.9 Å². The minimum absolute atomic E-state index is 0.0154. The Morgan fingerprint density at radius 3 is 3.08 bits per heavy atom. The summed E-state index contributed by atoms with van der Waals surface area (Å²) in [4.78, 5) is 26.1. The van der Waals surface area contributed by atoms with E-state index in [2.05, 4.69) is 10.2 Å². The number of rotatable bonds is 5. The van der Waals surface area contributed by atoms with Gasteiger partial charge < -0.3 is 9.64 Å². The summed E-state index contributed by atoms with van der Waals surface area (Å²) in [5, 5.41) is 8.87. The summed E-state index contributed by atoms with van der Waals surface area (Å²) in [5.74, 6) is -0.111. The molecule has 0 bridgehead atoms. The van der Waals surface area contributed by atoms with E-state index in [1.165, 1.54) is 11.8 Å². The first-order valence-electron chi connectivity index (χ1n) is 8.06. The van der Waals surface area contributed by atoms with Crippen LogP contribution in [0.15, 0.2) is 29.6 Å². The third kappa shape index (κ3) is 3.69. The second-order valence-corrected chi connectivity index (χ2v) is 6.57. The van der Waals surface area contributed by atoms with E-state index in [0.717, 1.165) is 18.5 Å². The van der Waals surface area contributed by atoms with E-state index in [-0.39, 0.29) is 23.5 Å². The molecule has 0 N–H and O–H groups in total. The largest absolute Gasteiger partial charge is 0.466 e. The first-order valence-corrected chi connectivity index (χ1v) is 9.04. The van der Waals surface area contributed by atoms with Crippen LogP contribution in [0.4, 0.5) is 0 Å². The predicted molar refractivity (Wildman–Crippen MR) is 89.6 cm³/mol. The van der Waals surface area contributed by atoms with Gasteiger partial charge in [0, 0.05) is 19.3 Å². The number of hydrogen-bond donors (Lipinski definition) is 0. The molecule has 1 amide bonds. The Hall–Kier alpha value is -2.09.